The van der Waals surface area contributed by atoms with E-state index in [2.05, 4.69) is 69.3 Å². The SMILES string of the molecule is Cc1ncsc1-c1ccc(CNC(=O)[C@@H]2C[C@@H](O)CN2C(=O)[C@@H](c2cc(OCCN3CCN(CCOc4cc(N5C6CCC5CN(c5cc(-c7ccccc7O)nnc5N)C6)ccn4)C[C@@H]3C)no2)C(C)C)cc1. The van der Waals surface area contributed by atoms with Crippen LogP contribution in [-0.4, -0.2) is 158 Å². The summed E-state index contributed by atoms with van der Waals surface area (Å²) in [5.74, 6) is 0.304. The Balaban J connectivity index is 0.661. The third-order valence-electron chi connectivity index (χ3n) is 15.0. The number of nitrogens with zero attached hydrogens (tertiary/aromatic N) is 10. The van der Waals surface area contributed by atoms with Gasteiger partial charge in [0.2, 0.25) is 17.7 Å². The van der Waals surface area contributed by atoms with Gasteiger partial charge in [0.1, 0.15) is 30.9 Å². The molecule has 0 spiro atoms. The maximum absolute atomic E-state index is 14.2. The first-order chi connectivity index (χ1) is 35.9. The zero-order chi connectivity index (χ0) is 51.5. The van der Waals surface area contributed by atoms with Gasteiger partial charge in [-0.3, -0.25) is 19.4 Å². The molecule has 0 radical (unpaired) electrons. The Labute approximate surface area is 435 Å². The maximum atomic E-state index is 14.2. The van der Waals surface area contributed by atoms with Crippen LogP contribution in [0.25, 0.3) is 21.7 Å². The molecule has 19 nitrogen and oxygen atoms in total. The van der Waals surface area contributed by atoms with E-state index in [4.69, 9.17) is 19.7 Å². The van der Waals surface area contributed by atoms with Crippen LogP contribution in [0.2, 0.25) is 0 Å². The number of aromatic hydroxyl groups is 1. The molecule has 4 saturated heterocycles. The normalized spacial score (nSPS) is 21.6. The predicted octanol–water partition coefficient (Wildman–Crippen LogP) is 5.59. The van der Waals surface area contributed by atoms with Crippen molar-refractivity contribution in [1.82, 2.24) is 45.3 Å². The van der Waals surface area contributed by atoms with Crippen molar-refractivity contribution in [2.75, 3.05) is 81.1 Å². The molecule has 20 heteroatoms. The summed E-state index contributed by atoms with van der Waals surface area (Å²) in [4.78, 5) is 48.9. The Morgan fingerprint density at radius 3 is 2.43 bits per heavy atom. The Kier molecular flexibility index (Phi) is 15.3. The van der Waals surface area contributed by atoms with Gasteiger partial charge in [-0.2, -0.15) is 0 Å². The van der Waals surface area contributed by atoms with Crippen LogP contribution in [-0.2, 0) is 16.1 Å². The minimum Gasteiger partial charge on any atom is -0.507 e. The lowest BCUT2D eigenvalue weighted by Gasteiger charge is -2.43. The molecule has 4 aromatic heterocycles. The third-order valence-corrected chi connectivity index (χ3v) is 16.0. The second-order valence-electron chi connectivity index (χ2n) is 20.3. The molecular weight excluding hydrogens is 961 g/mol. The Morgan fingerprint density at radius 1 is 0.919 bits per heavy atom. The molecule has 0 saturated carbocycles. The highest BCUT2D eigenvalue weighted by Gasteiger charge is 2.44. The second kappa shape index (κ2) is 22.3. The van der Waals surface area contributed by atoms with Crippen LogP contribution in [0.15, 0.2) is 89.0 Å². The van der Waals surface area contributed by atoms with Crippen molar-refractivity contribution in [2.45, 2.75) is 89.7 Å². The van der Waals surface area contributed by atoms with Gasteiger partial charge in [0.15, 0.2) is 11.6 Å². The molecule has 6 aromatic rings. The van der Waals surface area contributed by atoms with E-state index in [0.29, 0.717) is 60.9 Å². The van der Waals surface area contributed by atoms with E-state index in [0.717, 1.165) is 85.2 Å². The van der Waals surface area contributed by atoms with Gasteiger partial charge >= 0.3 is 0 Å². The van der Waals surface area contributed by atoms with Gasteiger partial charge in [0.05, 0.1) is 33.6 Å². The number of ether oxygens (including phenoxy) is 2. The first kappa shape index (κ1) is 50.7. The molecule has 10 rings (SSSR count). The van der Waals surface area contributed by atoms with Gasteiger partial charge in [-0.1, -0.05) is 50.2 Å². The Morgan fingerprint density at radius 2 is 1.69 bits per heavy atom. The highest BCUT2D eigenvalue weighted by Crippen LogP contribution is 2.40. The molecule has 4 aliphatic heterocycles. The molecule has 5 N–H and O–H groups in total. The summed E-state index contributed by atoms with van der Waals surface area (Å²) in [7, 11) is 0. The van der Waals surface area contributed by atoms with Crippen LogP contribution in [0.3, 0.4) is 0 Å². The lowest BCUT2D eigenvalue weighted by molar-refractivity contribution is -0.141. The number of carbonyl (C=O) groups is 2. The number of thiazole rings is 1. The largest absolute Gasteiger partial charge is 0.507 e. The first-order valence-corrected chi connectivity index (χ1v) is 26.6. The number of nitrogen functional groups attached to an aromatic ring is 1. The van der Waals surface area contributed by atoms with Crippen molar-refractivity contribution in [3.05, 3.63) is 102 Å². The van der Waals surface area contributed by atoms with E-state index in [1.165, 1.54) is 4.90 Å². The number of aliphatic hydroxyl groups excluding tert-OH is 1. The number of rotatable bonds is 18. The minimum atomic E-state index is -0.820. The number of nitrogens with one attached hydrogen (secondary N) is 1. The number of carbonyl (C=O) groups excluding carboxylic acids is 2. The zero-order valence-corrected chi connectivity index (χ0v) is 43.2. The van der Waals surface area contributed by atoms with Crippen LogP contribution in [0.1, 0.15) is 63.0 Å². The second-order valence-corrected chi connectivity index (χ2v) is 21.2. The van der Waals surface area contributed by atoms with Crippen LogP contribution in [0.4, 0.5) is 17.2 Å². The number of aromatic nitrogens is 5. The van der Waals surface area contributed by atoms with E-state index < -0.39 is 18.1 Å². The van der Waals surface area contributed by atoms with Crippen molar-refractivity contribution in [3.8, 4) is 39.2 Å². The van der Waals surface area contributed by atoms with E-state index >= 15 is 0 Å². The van der Waals surface area contributed by atoms with Crippen LogP contribution in [0, 0.1) is 12.8 Å². The number of amides is 2. The van der Waals surface area contributed by atoms with Gasteiger partial charge < -0.3 is 50.0 Å². The summed E-state index contributed by atoms with van der Waals surface area (Å²) >= 11 is 1.59. The molecule has 4 aliphatic rings. The summed E-state index contributed by atoms with van der Waals surface area (Å²) in [5.41, 5.74) is 14.3. The fourth-order valence-corrected chi connectivity index (χ4v) is 12.0. The highest BCUT2D eigenvalue weighted by molar-refractivity contribution is 7.13. The monoisotopic (exact) mass is 1030 g/mol. The number of piperazine rings is 2. The summed E-state index contributed by atoms with van der Waals surface area (Å²) in [6.07, 6.45) is 3.29. The molecule has 2 aromatic carbocycles. The van der Waals surface area contributed by atoms with Gasteiger partial charge in [-0.25, -0.2) is 9.97 Å². The van der Waals surface area contributed by atoms with Crippen molar-refractivity contribution < 1.29 is 33.8 Å². The number of phenols is 1. The van der Waals surface area contributed by atoms with Crippen LogP contribution in [0.5, 0.6) is 17.5 Å². The number of nitrogens with two attached hydrogens (primary N) is 1. The van der Waals surface area contributed by atoms with Crippen LogP contribution < -0.4 is 30.3 Å². The van der Waals surface area contributed by atoms with Crippen molar-refractivity contribution in [2.24, 2.45) is 5.92 Å². The van der Waals surface area contributed by atoms with Crippen LogP contribution >= 0.6 is 11.3 Å². The lowest BCUT2D eigenvalue weighted by Crippen LogP contribution is -2.54. The lowest BCUT2D eigenvalue weighted by atomic mass is 9.91. The Bertz CT molecular complexity index is 2890. The minimum absolute atomic E-state index is 0.0557. The highest BCUT2D eigenvalue weighted by atomic mass is 32.1. The van der Waals surface area contributed by atoms with Crippen molar-refractivity contribution in [1.29, 1.82) is 0 Å². The predicted molar refractivity (Wildman–Crippen MR) is 282 cm³/mol. The van der Waals surface area contributed by atoms with Crippen molar-refractivity contribution in [3.63, 3.8) is 0 Å². The third kappa shape index (κ3) is 11.1. The van der Waals surface area contributed by atoms with E-state index in [1.807, 2.05) is 74.9 Å². The smallest absolute Gasteiger partial charge is 0.254 e. The number of benzene rings is 2. The van der Waals surface area contributed by atoms with Crippen molar-refractivity contribution >= 4 is 40.3 Å². The molecule has 2 bridgehead atoms. The number of pyridine rings is 1. The summed E-state index contributed by atoms with van der Waals surface area (Å²) in [5, 5.41) is 36.8. The molecule has 74 heavy (non-hydrogen) atoms. The number of anilines is 3. The molecular formula is C54H66N12O7S. The molecule has 390 valence electrons. The quantitative estimate of drug-likeness (QED) is 0.0824. The molecule has 6 atom stereocenters. The molecule has 0 aliphatic carbocycles. The number of likely N-dealkylation sites (tertiary alicyclic amines) is 1. The summed E-state index contributed by atoms with van der Waals surface area (Å²) in [6.45, 7) is 15.0. The number of aryl methyl sites for hydroxylation is 1. The number of fused-ring (bicyclic) bond motifs is 2. The van der Waals surface area contributed by atoms with E-state index in [1.54, 1.807) is 29.5 Å². The molecule has 2 unspecified atom stereocenters. The first-order valence-electron chi connectivity index (χ1n) is 25.7. The molecule has 8 heterocycles. The molecule has 4 fully saturated rings. The average molecular weight is 1030 g/mol. The van der Waals surface area contributed by atoms with Gasteiger partial charge in [-0.15, -0.1) is 21.5 Å². The average Bonchev–Trinajstić information content (AvgIpc) is 4.20. The number of β-amino-alcohol motifs (C(OH)–C–C–N with tert-alkyl or cyclic N) is 1. The topological polar surface area (TPSA) is 225 Å². The number of hydrogen-bond acceptors (Lipinski definition) is 18. The van der Waals surface area contributed by atoms with Gasteiger partial charge in [0.25, 0.3) is 5.88 Å². The standard InChI is InChI=1S/C54H66N12O7S/c1-33(2)50(54(70)65-31-41(67)24-45(65)53(69)57-27-36-9-11-37(12-10-36)51-35(4)58-32-74-51)47-26-49(61-73-47)72-22-20-63-18-17-62(28-34(63)3)19-21-71-48-23-38(15-16-56-48)66-39-13-14-40(66)30-64(29-39)44-25-43(59-60-52(44)55)42-7-5-6-8-46(42)68/h5-12,15-16,23,25-26,32-34,39-41,45,50,67-68H,13-14,17-22,24,27-31H2,1-4H3,(H2,55,60)(H,57,69)/t34-,39?,40?,41+,45-,50+/m0/s1. The zero-order valence-electron chi connectivity index (χ0n) is 42.4. The van der Waals surface area contributed by atoms with E-state index in [-0.39, 0.29) is 54.6 Å². The number of hydrogen-bond donors (Lipinski definition) is 4. The summed E-state index contributed by atoms with van der Waals surface area (Å²) < 4.78 is 18.1. The van der Waals surface area contributed by atoms with E-state index in [9.17, 15) is 19.8 Å². The summed E-state index contributed by atoms with van der Waals surface area (Å²) in [6, 6.07) is 22.9. The molecule has 2 amide bonds. The maximum Gasteiger partial charge on any atom is 0.254 e. The van der Waals surface area contributed by atoms with Gasteiger partial charge in [-0.05, 0) is 73.2 Å². The number of aliphatic hydroxyl groups is 1. The van der Waals surface area contributed by atoms with Gasteiger partial charge in [0, 0.05) is 113 Å². The number of para-hydroxylation sites is 1. The number of phenolic OH excluding ortho intramolecular Hbond substituents is 1. The fourth-order valence-electron chi connectivity index (χ4n) is 11.1. The Hall–Kier alpha value is -6.87. The fraction of sp³-hybridized carbons (Fsp3) is 0.463.